The fourth-order valence-corrected chi connectivity index (χ4v) is 2.22. The lowest BCUT2D eigenvalue weighted by Gasteiger charge is -2.16. The van der Waals surface area contributed by atoms with Gasteiger partial charge in [-0.3, -0.25) is 9.59 Å². The normalized spacial score (nSPS) is 11.5. The molecule has 0 spiro atoms. The lowest BCUT2D eigenvalue weighted by Crippen LogP contribution is -2.30. The van der Waals surface area contributed by atoms with E-state index in [1.54, 1.807) is 38.1 Å². The van der Waals surface area contributed by atoms with Crippen LogP contribution >= 0.6 is 0 Å². The van der Waals surface area contributed by atoms with Gasteiger partial charge < -0.3 is 15.0 Å². The predicted molar refractivity (Wildman–Crippen MR) is 98.7 cm³/mol. The molecule has 25 heavy (non-hydrogen) atoms. The van der Waals surface area contributed by atoms with Gasteiger partial charge in [-0.25, -0.2) is 0 Å². The van der Waals surface area contributed by atoms with Gasteiger partial charge >= 0.3 is 0 Å². The molecule has 0 heterocycles. The average molecular weight is 340 g/mol. The third kappa shape index (κ3) is 5.35. The first-order valence-corrected chi connectivity index (χ1v) is 8.19. The molecule has 2 aromatic carbocycles. The van der Waals surface area contributed by atoms with Crippen LogP contribution < -0.4 is 10.1 Å². The van der Waals surface area contributed by atoms with Crippen molar-refractivity contribution in [3.05, 3.63) is 59.7 Å². The molecule has 0 aliphatic rings. The Labute approximate surface area is 148 Å². The van der Waals surface area contributed by atoms with Gasteiger partial charge in [0.05, 0.1) is 6.42 Å². The Morgan fingerprint density at radius 3 is 2.32 bits per heavy atom. The van der Waals surface area contributed by atoms with Crippen LogP contribution in [-0.2, 0) is 16.0 Å². The standard InChI is InChI=1S/C20H24N2O3/c1-14-7-5-6-8-18(14)25-15(2)20(24)21-17-11-9-16(10-12-17)13-19(23)22(3)4/h5-12,15H,13H2,1-4H3,(H,21,24). The molecule has 2 amide bonds. The Morgan fingerprint density at radius 2 is 1.72 bits per heavy atom. The van der Waals surface area contributed by atoms with Gasteiger partial charge in [-0.1, -0.05) is 30.3 Å². The summed E-state index contributed by atoms with van der Waals surface area (Å²) in [5.41, 5.74) is 2.56. The zero-order valence-electron chi connectivity index (χ0n) is 15.1. The van der Waals surface area contributed by atoms with Crippen molar-refractivity contribution in [3.8, 4) is 5.75 Å². The number of hydrogen-bond acceptors (Lipinski definition) is 3. The van der Waals surface area contributed by atoms with Crippen LogP contribution in [0.5, 0.6) is 5.75 Å². The Hall–Kier alpha value is -2.82. The molecule has 2 aromatic rings. The molecule has 5 heteroatoms. The van der Waals surface area contributed by atoms with Crippen LogP contribution in [0.25, 0.3) is 0 Å². The van der Waals surface area contributed by atoms with Crippen molar-refractivity contribution in [1.82, 2.24) is 4.90 Å². The summed E-state index contributed by atoms with van der Waals surface area (Å²) in [5.74, 6) is 0.514. The monoisotopic (exact) mass is 340 g/mol. The molecule has 0 saturated carbocycles. The van der Waals surface area contributed by atoms with E-state index in [0.29, 0.717) is 17.9 Å². The lowest BCUT2D eigenvalue weighted by atomic mass is 10.1. The second kappa shape index (κ2) is 8.33. The molecule has 0 aliphatic carbocycles. The van der Waals surface area contributed by atoms with E-state index in [4.69, 9.17) is 4.74 Å². The minimum absolute atomic E-state index is 0.0389. The first kappa shape index (κ1) is 18.5. The van der Waals surface area contributed by atoms with E-state index in [9.17, 15) is 9.59 Å². The maximum atomic E-state index is 12.3. The molecule has 0 aromatic heterocycles. The maximum absolute atomic E-state index is 12.3. The highest BCUT2D eigenvalue weighted by Crippen LogP contribution is 2.18. The third-order valence-corrected chi connectivity index (χ3v) is 3.84. The Bertz CT molecular complexity index is 739. The number of likely N-dealkylation sites (N-methyl/N-ethyl adjacent to an activating group) is 1. The van der Waals surface area contributed by atoms with E-state index in [1.807, 2.05) is 43.3 Å². The summed E-state index contributed by atoms with van der Waals surface area (Å²) in [7, 11) is 3.46. The Kier molecular flexibility index (Phi) is 6.17. The molecule has 1 atom stereocenters. The number of amides is 2. The van der Waals surface area contributed by atoms with Gasteiger partial charge in [0, 0.05) is 19.8 Å². The fraction of sp³-hybridized carbons (Fsp3) is 0.300. The van der Waals surface area contributed by atoms with Crippen LogP contribution in [-0.4, -0.2) is 36.9 Å². The van der Waals surface area contributed by atoms with E-state index in [1.165, 1.54) is 0 Å². The Balaban J connectivity index is 1.93. The molecule has 1 unspecified atom stereocenters. The van der Waals surface area contributed by atoms with Gasteiger partial charge in [-0.15, -0.1) is 0 Å². The van der Waals surface area contributed by atoms with Gasteiger partial charge in [-0.05, 0) is 43.2 Å². The summed E-state index contributed by atoms with van der Waals surface area (Å²) in [4.78, 5) is 25.5. The van der Waals surface area contributed by atoms with E-state index in [-0.39, 0.29) is 11.8 Å². The van der Waals surface area contributed by atoms with Crippen molar-refractivity contribution < 1.29 is 14.3 Å². The van der Waals surface area contributed by atoms with E-state index < -0.39 is 6.10 Å². The molecule has 1 N–H and O–H groups in total. The zero-order valence-corrected chi connectivity index (χ0v) is 15.1. The molecule has 0 radical (unpaired) electrons. The van der Waals surface area contributed by atoms with Crippen LogP contribution in [0.2, 0.25) is 0 Å². The highest BCUT2D eigenvalue weighted by Gasteiger charge is 2.16. The van der Waals surface area contributed by atoms with Crippen LogP contribution in [0.3, 0.4) is 0 Å². The van der Waals surface area contributed by atoms with Gasteiger partial charge in [0.2, 0.25) is 5.91 Å². The Morgan fingerprint density at radius 1 is 1.08 bits per heavy atom. The van der Waals surface area contributed by atoms with Crippen molar-refractivity contribution in [2.75, 3.05) is 19.4 Å². The van der Waals surface area contributed by atoms with Crippen LogP contribution in [0, 0.1) is 6.92 Å². The fourth-order valence-electron chi connectivity index (χ4n) is 2.22. The van der Waals surface area contributed by atoms with Crippen molar-refractivity contribution in [1.29, 1.82) is 0 Å². The number of rotatable bonds is 6. The summed E-state index contributed by atoms with van der Waals surface area (Å²) in [5, 5.41) is 2.83. The molecule has 5 nitrogen and oxygen atoms in total. The first-order valence-electron chi connectivity index (χ1n) is 8.19. The first-order chi connectivity index (χ1) is 11.9. The second-order valence-corrected chi connectivity index (χ2v) is 6.18. The van der Waals surface area contributed by atoms with E-state index in [0.717, 1.165) is 11.1 Å². The van der Waals surface area contributed by atoms with Crippen molar-refractivity contribution >= 4 is 17.5 Å². The number of carbonyl (C=O) groups is 2. The predicted octanol–water partition coefficient (Wildman–Crippen LogP) is 3.03. The number of nitrogens with one attached hydrogen (secondary N) is 1. The van der Waals surface area contributed by atoms with Crippen molar-refractivity contribution in [2.45, 2.75) is 26.4 Å². The highest BCUT2D eigenvalue weighted by molar-refractivity contribution is 5.94. The van der Waals surface area contributed by atoms with Gasteiger partial charge in [0.15, 0.2) is 6.10 Å². The molecule has 2 rings (SSSR count). The number of hydrogen-bond donors (Lipinski definition) is 1. The molecular weight excluding hydrogens is 316 g/mol. The minimum Gasteiger partial charge on any atom is -0.481 e. The second-order valence-electron chi connectivity index (χ2n) is 6.18. The minimum atomic E-state index is -0.615. The number of ether oxygens (including phenoxy) is 1. The number of nitrogens with zero attached hydrogens (tertiary/aromatic N) is 1. The quantitative estimate of drug-likeness (QED) is 0.879. The number of aryl methyl sites for hydroxylation is 1. The summed E-state index contributed by atoms with van der Waals surface area (Å²) >= 11 is 0. The molecule has 0 bridgehead atoms. The summed E-state index contributed by atoms with van der Waals surface area (Å²) in [6.45, 7) is 3.65. The largest absolute Gasteiger partial charge is 0.481 e. The van der Waals surface area contributed by atoms with Crippen molar-refractivity contribution in [3.63, 3.8) is 0 Å². The van der Waals surface area contributed by atoms with Gasteiger partial charge in [0.25, 0.3) is 5.91 Å². The molecule has 0 fully saturated rings. The van der Waals surface area contributed by atoms with Crippen LogP contribution in [0.15, 0.2) is 48.5 Å². The molecule has 0 aliphatic heterocycles. The smallest absolute Gasteiger partial charge is 0.265 e. The third-order valence-electron chi connectivity index (χ3n) is 3.84. The average Bonchev–Trinajstić information content (AvgIpc) is 2.58. The van der Waals surface area contributed by atoms with Crippen molar-refractivity contribution in [2.24, 2.45) is 0 Å². The molecule has 0 saturated heterocycles. The lowest BCUT2D eigenvalue weighted by molar-refractivity contribution is -0.128. The summed E-state index contributed by atoms with van der Waals surface area (Å²) in [6, 6.07) is 14.8. The van der Waals surface area contributed by atoms with Gasteiger partial charge in [-0.2, -0.15) is 0 Å². The van der Waals surface area contributed by atoms with E-state index in [2.05, 4.69) is 5.32 Å². The SMILES string of the molecule is Cc1ccccc1OC(C)C(=O)Nc1ccc(CC(=O)N(C)C)cc1. The topological polar surface area (TPSA) is 58.6 Å². The summed E-state index contributed by atoms with van der Waals surface area (Å²) < 4.78 is 5.72. The van der Waals surface area contributed by atoms with Crippen LogP contribution in [0.4, 0.5) is 5.69 Å². The maximum Gasteiger partial charge on any atom is 0.265 e. The number of anilines is 1. The zero-order chi connectivity index (χ0) is 18.4. The van der Waals surface area contributed by atoms with Crippen LogP contribution in [0.1, 0.15) is 18.1 Å². The van der Waals surface area contributed by atoms with Gasteiger partial charge in [0.1, 0.15) is 5.75 Å². The molecular formula is C20H24N2O3. The highest BCUT2D eigenvalue weighted by atomic mass is 16.5. The number of carbonyl (C=O) groups excluding carboxylic acids is 2. The number of benzene rings is 2. The summed E-state index contributed by atoms with van der Waals surface area (Å²) in [6.07, 6.45) is -0.273. The van der Waals surface area contributed by atoms with E-state index >= 15 is 0 Å². The number of para-hydroxylation sites is 1. The molecule has 132 valence electrons.